The topological polar surface area (TPSA) is 63.6 Å². The summed E-state index contributed by atoms with van der Waals surface area (Å²) in [4.78, 5) is 21.3. The predicted octanol–water partition coefficient (Wildman–Crippen LogP) is 0.803. The number of ether oxygens (including phenoxy) is 1. The van der Waals surface area contributed by atoms with Gasteiger partial charge in [0.15, 0.2) is 0 Å². The van der Waals surface area contributed by atoms with Gasteiger partial charge in [-0.15, -0.1) is 0 Å². The average molecular weight is 172 g/mol. The van der Waals surface area contributed by atoms with E-state index in [1.807, 2.05) is 0 Å². The lowest BCUT2D eigenvalue weighted by molar-refractivity contribution is -0.151. The van der Waals surface area contributed by atoms with Crippen LogP contribution in [0.2, 0.25) is 0 Å². The first-order valence-corrected chi connectivity index (χ1v) is 3.85. The number of esters is 1. The van der Waals surface area contributed by atoms with Crippen LogP contribution in [0.1, 0.15) is 26.7 Å². The van der Waals surface area contributed by atoms with Crippen LogP contribution in [-0.2, 0) is 14.3 Å². The Morgan fingerprint density at radius 1 is 1.75 bits per heavy atom. The predicted molar refractivity (Wildman–Crippen MR) is 40.5 cm³/mol. The van der Waals surface area contributed by atoms with Gasteiger partial charge in [0.2, 0.25) is 0 Å². The van der Waals surface area contributed by atoms with Crippen molar-refractivity contribution in [2.45, 2.75) is 32.3 Å². The zero-order chi connectivity index (χ0) is 9.35. The molecule has 0 saturated carbocycles. The largest absolute Gasteiger partial charge is 0.481 e. The standard InChI is InChI=1S/C8H12O4/c1-8(2)4-5(3-6(9)10)7(11)12-8/h5H,3-4H2,1-2H3,(H,9,10)/t5-/m1/s1. The van der Waals surface area contributed by atoms with Crippen LogP contribution in [0.15, 0.2) is 0 Å². The second kappa shape index (κ2) is 2.77. The molecule has 1 aliphatic heterocycles. The highest BCUT2D eigenvalue weighted by atomic mass is 16.6. The van der Waals surface area contributed by atoms with Gasteiger partial charge < -0.3 is 9.84 Å². The zero-order valence-electron chi connectivity index (χ0n) is 7.16. The monoisotopic (exact) mass is 172 g/mol. The Balaban J connectivity index is 2.58. The van der Waals surface area contributed by atoms with Gasteiger partial charge in [0.05, 0.1) is 12.3 Å². The Morgan fingerprint density at radius 3 is 2.67 bits per heavy atom. The molecule has 1 N–H and O–H groups in total. The molecule has 0 aromatic carbocycles. The first-order valence-electron chi connectivity index (χ1n) is 3.85. The molecule has 68 valence electrons. The van der Waals surface area contributed by atoms with E-state index in [1.165, 1.54) is 0 Å². The molecule has 0 aromatic heterocycles. The summed E-state index contributed by atoms with van der Waals surface area (Å²) in [6.45, 7) is 3.57. The molecule has 0 aliphatic carbocycles. The third-order valence-corrected chi connectivity index (χ3v) is 1.87. The van der Waals surface area contributed by atoms with Crippen molar-refractivity contribution in [3.8, 4) is 0 Å². The molecule has 0 amide bonds. The van der Waals surface area contributed by atoms with Crippen molar-refractivity contribution in [3.05, 3.63) is 0 Å². The minimum atomic E-state index is -0.949. The molecule has 4 nitrogen and oxygen atoms in total. The van der Waals surface area contributed by atoms with E-state index >= 15 is 0 Å². The van der Waals surface area contributed by atoms with Crippen LogP contribution >= 0.6 is 0 Å². The van der Waals surface area contributed by atoms with Crippen LogP contribution in [0.4, 0.5) is 0 Å². The Kier molecular flexibility index (Phi) is 2.08. The summed E-state index contributed by atoms with van der Waals surface area (Å²) in [5, 5.41) is 8.45. The number of rotatable bonds is 2. The summed E-state index contributed by atoms with van der Waals surface area (Å²) in [5.41, 5.74) is -0.489. The summed E-state index contributed by atoms with van der Waals surface area (Å²) in [5.74, 6) is -1.80. The second-order valence-electron chi connectivity index (χ2n) is 3.68. The van der Waals surface area contributed by atoms with Crippen molar-refractivity contribution >= 4 is 11.9 Å². The summed E-state index contributed by atoms with van der Waals surface area (Å²) in [6, 6.07) is 0. The fraction of sp³-hybridized carbons (Fsp3) is 0.750. The van der Waals surface area contributed by atoms with Gasteiger partial charge in [0.25, 0.3) is 0 Å². The molecule has 4 heteroatoms. The van der Waals surface area contributed by atoms with Gasteiger partial charge in [-0.3, -0.25) is 9.59 Å². The molecule has 1 fully saturated rings. The van der Waals surface area contributed by atoms with E-state index in [2.05, 4.69) is 0 Å². The van der Waals surface area contributed by atoms with Crippen molar-refractivity contribution in [1.82, 2.24) is 0 Å². The SMILES string of the molecule is CC1(C)C[C@@H](CC(=O)O)C(=O)O1. The Bertz CT molecular complexity index is 219. The highest BCUT2D eigenvalue weighted by Gasteiger charge is 2.40. The van der Waals surface area contributed by atoms with Crippen molar-refractivity contribution in [3.63, 3.8) is 0 Å². The van der Waals surface area contributed by atoms with Gasteiger partial charge in [0.1, 0.15) is 5.60 Å². The third-order valence-electron chi connectivity index (χ3n) is 1.87. The number of aliphatic carboxylic acids is 1. The summed E-state index contributed by atoms with van der Waals surface area (Å²) in [7, 11) is 0. The maximum absolute atomic E-state index is 11.0. The molecule has 0 aromatic rings. The lowest BCUT2D eigenvalue weighted by Gasteiger charge is -2.14. The fourth-order valence-corrected chi connectivity index (χ4v) is 1.44. The highest BCUT2D eigenvalue weighted by Crippen LogP contribution is 2.32. The van der Waals surface area contributed by atoms with Gasteiger partial charge in [-0.25, -0.2) is 0 Å². The van der Waals surface area contributed by atoms with Crippen LogP contribution in [0, 0.1) is 5.92 Å². The number of cyclic esters (lactones) is 1. The Hall–Kier alpha value is -1.06. The van der Waals surface area contributed by atoms with Crippen LogP contribution in [0.3, 0.4) is 0 Å². The second-order valence-corrected chi connectivity index (χ2v) is 3.68. The van der Waals surface area contributed by atoms with Crippen molar-refractivity contribution < 1.29 is 19.4 Å². The number of hydrogen-bond donors (Lipinski definition) is 1. The maximum atomic E-state index is 11.0. The number of carboxylic acid groups (broad SMARTS) is 1. The van der Waals surface area contributed by atoms with E-state index in [4.69, 9.17) is 9.84 Å². The van der Waals surface area contributed by atoms with E-state index in [1.54, 1.807) is 13.8 Å². The molecule has 12 heavy (non-hydrogen) atoms. The van der Waals surface area contributed by atoms with Gasteiger partial charge in [0, 0.05) is 6.42 Å². The minimum absolute atomic E-state index is 0.123. The lowest BCUT2D eigenvalue weighted by Crippen LogP contribution is -2.17. The minimum Gasteiger partial charge on any atom is -0.481 e. The third kappa shape index (κ3) is 1.96. The van der Waals surface area contributed by atoms with E-state index in [0.717, 1.165) is 0 Å². The first-order chi connectivity index (χ1) is 5.41. The molecule has 1 heterocycles. The molecule has 1 atom stereocenters. The highest BCUT2D eigenvalue weighted by molar-refractivity contribution is 5.80. The van der Waals surface area contributed by atoms with E-state index in [-0.39, 0.29) is 12.4 Å². The van der Waals surface area contributed by atoms with E-state index < -0.39 is 17.5 Å². The number of carbonyl (C=O) groups excluding carboxylic acids is 1. The Morgan fingerprint density at radius 2 is 2.33 bits per heavy atom. The smallest absolute Gasteiger partial charge is 0.310 e. The molecule has 0 spiro atoms. The average Bonchev–Trinajstić information content (AvgIpc) is 2.03. The molecule has 0 bridgehead atoms. The van der Waals surface area contributed by atoms with Crippen molar-refractivity contribution in [1.29, 1.82) is 0 Å². The zero-order valence-corrected chi connectivity index (χ0v) is 7.16. The van der Waals surface area contributed by atoms with Crippen molar-refractivity contribution in [2.75, 3.05) is 0 Å². The number of carbonyl (C=O) groups is 2. The quantitative estimate of drug-likeness (QED) is 0.626. The molecule has 1 rings (SSSR count). The number of carboxylic acids is 1. The van der Waals surface area contributed by atoms with Gasteiger partial charge in [-0.2, -0.15) is 0 Å². The summed E-state index contributed by atoms with van der Waals surface area (Å²) >= 11 is 0. The van der Waals surface area contributed by atoms with Gasteiger partial charge in [-0.05, 0) is 13.8 Å². The van der Waals surface area contributed by atoms with Gasteiger partial charge >= 0.3 is 11.9 Å². The number of hydrogen-bond acceptors (Lipinski definition) is 3. The molecule has 0 radical (unpaired) electrons. The summed E-state index contributed by atoms with van der Waals surface area (Å²) < 4.78 is 4.96. The van der Waals surface area contributed by atoms with Crippen LogP contribution in [0.25, 0.3) is 0 Å². The maximum Gasteiger partial charge on any atom is 0.310 e. The molecule has 0 unspecified atom stereocenters. The van der Waals surface area contributed by atoms with Crippen LogP contribution in [-0.4, -0.2) is 22.6 Å². The first kappa shape index (κ1) is 9.03. The van der Waals surface area contributed by atoms with Gasteiger partial charge in [-0.1, -0.05) is 0 Å². The summed E-state index contributed by atoms with van der Waals surface area (Å²) in [6.07, 6.45) is 0.375. The van der Waals surface area contributed by atoms with E-state index in [9.17, 15) is 9.59 Å². The van der Waals surface area contributed by atoms with Crippen LogP contribution in [0.5, 0.6) is 0 Å². The lowest BCUT2D eigenvalue weighted by atomic mass is 9.95. The molecular weight excluding hydrogens is 160 g/mol. The Labute approximate surface area is 70.5 Å². The van der Waals surface area contributed by atoms with Crippen molar-refractivity contribution in [2.24, 2.45) is 5.92 Å². The molecular formula is C8H12O4. The molecule has 1 aliphatic rings. The van der Waals surface area contributed by atoms with Crippen LogP contribution < -0.4 is 0 Å². The molecule has 1 saturated heterocycles. The van der Waals surface area contributed by atoms with E-state index in [0.29, 0.717) is 6.42 Å². The fourth-order valence-electron chi connectivity index (χ4n) is 1.44. The normalized spacial score (nSPS) is 26.8.